The van der Waals surface area contributed by atoms with Gasteiger partial charge in [0.15, 0.2) is 0 Å². The molecule has 0 amide bonds. The number of halogens is 4. The zero-order valence-corrected chi connectivity index (χ0v) is 13.8. The van der Waals surface area contributed by atoms with Crippen molar-refractivity contribution in [1.82, 2.24) is 4.90 Å². The zero-order chi connectivity index (χ0) is 17.2. The van der Waals surface area contributed by atoms with Crippen molar-refractivity contribution >= 4 is 17.3 Å². The van der Waals surface area contributed by atoms with Crippen molar-refractivity contribution in [3.63, 3.8) is 0 Å². The predicted octanol–water partition coefficient (Wildman–Crippen LogP) is 4.68. The van der Waals surface area contributed by atoms with Crippen LogP contribution < -0.4 is 4.90 Å². The van der Waals surface area contributed by atoms with Crippen molar-refractivity contribution < 1.29 is 13.2 Å². The van der Waals surface area contributed by atoms with Crippen molar-refractivity contribution in [2.24, 2.45) is 0 Å². The van der Waals surface area contributed by atoms with Crippen LogP contribution in [0.5, 0.6) is 0 Å². The van der Waals surface area contributed by atoms with Crippen LogP contribution in [0.15, 0.2) is 48.5 Å². The molecule has 128 valence electrons. The quantitative estimate of drug-likeness (QED) is 0.789. The molecule has 3 rings (SSSR count). The summed E-state index contributed by atoms with van der Waals surface area (Å²) in [6.45, 7) is 3.75. The van der Waals surface area contributed by atoms with E-state index in [-0.39, 0.29) is 0 Å². The van der Waals surface area contributed by atoms with Gasteiger partial charge in [-0.1, -0.05) is 35.9 Å². The molecule has 0 saturated carbocycles. The van der Waals surface area contributed by atoms with E-state index in [9.17, 15) is 13.2 Å². The summed E-state index contributed by atoms with van der Waals surface area (Å²) in [5.74, 6) is 0. The second-order valence-electron chi connectivity index (χ2n) is 5.90. The van der Waals surface area contributed by atoms with E-state index in [0.717, 1.165) is 36.3 Å². The number of hydrogen-bond donors (Lipinski definition) is 0. The van der Waals surface area contributed by atoms with Gasteiger partial charge in [-0.25, -0.2) is 0 Å². The van der Waals surface area contributed by atoms with Crippen LogP contribution in [0.3, 0.4) is 0 Å². The van der Waals surface area contributed by atoms with E-state index in [0.29, 0.717) is 18.8 Å². The maximum Gasteiger partial charge on any atom is 0.416 e. The molecule has 1 aliphatic rings. The van der Waals surface area contributed by atoms with E-state index < -0.39 is 11.7 Å². The molecule has 0 bridgehead atoms. The maximum atomic E-state index is 12.8. The summed E-state index contributed by atoms with van der Waals surface area (Å²) in [7, 11) is 0. The topological polar surface area (TPSA) is 6.48 Å². The molecule has 0 aromatic heterocycles. The third-order valence-electron chi connectivity index (χ3n) is 4.26. The van der Waals surface area contributed by atoms with Crippen LogP contribution in [0.4, 0.5) is 18.9 Å². The van der Waals surface area contributed by atoms with Crippen molar-refractivity contribution in [1.29, 1.82) is 0 Å². The number of hydrogen-bond acceptors (Lipinski definition) is 2. The first-order chi connectivity index (χ1) is 11.4. The first-order valence-corrected chi connectivity index (χ1v) is 8.19. The Bertz CT molecular complexity index is 695. The van der Waals surface area contributed by atoms with Gasteiger partial charge in [-0.3, -0.25) is 4.90 Å². The van der Waals surface area contributed by atoms with E-state index in [4.69, 9.17) is 11.6 Å². The van der Waals surface area contributed by atoms with E-state index in [1.165, 1.54) is 12.1 Å². The Morgan fingerprint density at radius 1 is 0.917 bits per heavy atom. The van der Waals surface area contributed by atoms with Gasteiger partial charge >= 0.3 is 6.18 Å². The molecule has 0 aliphatic carbocycles. The molecule has 1 saturated heterocycles. The summed E-state index contributed by atoms with van der Waals surface area (Å²) in [6.07, 6.45) is -4.30. The summed E-state index contributed by atoms with van der Waals surface area (Å²) in [5.41, 5.74) is 1.10. The first-order valence-electron chi connectivity index (χ1n) is 7.81. The molecule has 1 aliphatic heterocycles. The number of anilines is 1. The third kappa shape index (κ3) is 4.02. The highest BCUT2D eigenvalue weighted by Crippen LogP contribution is 2.32. The van der Waals surface area contributed by atoms with Crippen LogP contribution in [0.25, 0.3) is 0 Å². The molecule has 1 heterocycles. The minimum absolute atomic E-state index is 0.599. The Morgan fingerprint density at radius 2 is 1.62 bits per heavy atom. The molecule has 0 N–H and O–H groups in total. The highest BCUT2D eigenvalue weighted by Gasteiger charge is 2.31. The largest absolute Gasteiger partial charge is 0.416 e. The van der Waals surface area contributed by atoms with Gasteiger partial charge in [0.2, 0.25) is 0 Å². The Hall–Kier alpha value is -1.72. The molecule has 2 nitrogen and oxygen atoms in total. The number of benzene rings is 2. The lowest BCUT2D eigenvalue weighted by Crippen LogP contribution is -2.46. The van der Waals surface area contributed by atoms with Crippen molar-refractivity contribution in [2.75, 3.05) is 31.1 Å². The summed E-state index contributed by atoms with van der Waals surface area (Å²) in [4.78, 5) is 4.27. The molecular formula is C18H18ClF3N2. The van der Waals surface area contributed by atoms with Gasteiger partial charge in [0.05, 0.1) is 5.56 Å². The van der Waals surface area contributed by atoms with Gasteiger partial charge < -0.3 is 4.90 Å². The van der Waals surface area contributed by atoms with Gasteiger partial charge in [-0.05, 0) is 29.8 Å². The van der Waals surface area contributed by atoms with Crippen molar-refractivity contribution in [2.45, 2.75) is 12.7 Å². The van der Waals surface area contributed by atoms with Crippen molar-refractivity contribution in [3.8, 4) is 0 Å². The van der Waals surface area contributed by atoms with Crippen LogP contribution in [0.1, 0.15) is 11.1 Å². The average Bonchev–Trinajstić information content (AvgIpc) is 2.57. The zero-order valence-electron chi connectivity index (χ0n) is 13.1. The average molecular weight is 355 g/mol. The first kappa shape index (κ1) is 17.1. The van der Waals surface area contributed by atoms with E-state index >= 15 is 0 Å². The molecule has 0 spiro atoms. The third-order valence-corrected chi connectivity index (χ3v) is 4.63. The number of nitrogens with zero attached hydrogens (tertiary/aromatic N) is 2. The molecule has 1 fully saturated rings. The molecule has 24 heavy (non-hydrogen) atoms. The molecule has 0 unspecified atom stereocenters. The summed E-state index contributed by atoms with van der Waals surface area (Å²) in [6, 6.07) is 13.3. The van der Waals surface area contributed by atoms with E-state index in [1.54, 1.807) is 6.07 Å². The van der Waals surface area contributed by atoms with Gasteiger partial charge in [-0.15, -0.1) is 0 Å². The second-order valence-corrected chi connectivity index (χ2v) is 6.31. The lowest BCUT2D eigenvalue weighted by molar-refractivity contribution is -0.137. The van der Waals surface area contributed by atoms with Gasteiger partial charge in [0, 0.05) is 43.4 Å². The minimum Gasteiger partial charge on any atom is -0.369 e. The molecule has 2 aromatic carbocycles. The normalized spacial score (nSPS) is 16.4. The monoisotopic (exact) mass is 354 g/mol. The molecule has 0 atom stereocenters. The fourth-order valence-corrected chi connectivity index (χ4v) is 3.11. The van der Waals surface area contributed by atoms with Gasteiger partial charge in [0.25, 0.3) is 0 Å². The van der Waals surface area contributed by atoms with Crippen LogP contribution in [0.2, 0.25) is 5.02 Å². The standard InChI is InChI=1S/C18H18ClF3N2/c19-17-7-2-1-4-14(17)13-23-8-10-24(11-9-23)16-6-3-5-15(12-16)18(20,21)22/h1-7,12H,8-11,13H2. The van der Waals surface area contributed by atoms with E-state index in [1.807, 2.05) is 29.2 Å². The minimum atomic E-state index is -4.30. The number of alkyl halides is 3. The lowest BCUT2D eigenvalue weighted by Gasteiger charge is -2.36. The predicted molar refractivity (Wildman–Crippen MR) is 90.4 cm³/mol. The van der Waals surface area contributed by atoms with Crippen LogP contribution in [0, 0.1) is 0 Å². The Morgan fingerprint density at radius 3 is 2.29 bits per heavy atom. The summed E-state index contributed by atoms with van der Waals surface area (Å²) >= 11 is 6.18. The molecule has 6 heteroatoms. The SMILES string of the molecule is FC(F)(F)c1cccc(N2CCN(Cc3ccccc3Cl)CC2)c1. The Labute approximate surface area is 144 Å². The maximum absolute atomic E-state index is 12.8. The van der Waals surface area contributed by atoms with Crippen molar-refractivity contribution in [3.05, 3.63) is 64.7 Å². The highest BCUT2D eigenvalue weighted by molar-refractivity contribution is 6.31. The van der Waals surface area contributed by atoms with Gasteiger partial charge in [-0.2, -0.15) is 13.2 Å². The molecule has 0 radical (unpaired) electrons. The number of piperazine rings is 1. The summed E-state index contributed by atoms with van der Waals surface area (Å²) < 4.78 is 38.5. The highest BCUT2D eigenvalue weighted by atomic mass is 35.5. The lowest BCUT2D eigenvalue weighted by atomic mass is 10.1. The Kier molecular flexibility index (Phi) is 5.01. The van der Waals surface area contributed by atoms with Gasteiger partial charge in [0.1, 0.15) is 0 Å². The van der Waals surface area contributed by atoms with E-state index in [2.05, 4.69) is 4.90 Å². The van der Waals surface area contributed by atoms with Crippen LogP contribution in [-0.2, 0) is 12.7 Å². The fraction of sp³-hybridized carbons (Fsp3) is 0.333. The smallest absolute Gasteiger partial charge is 0.369 e. The second kappa shape index (κ2) is 7.03. The molecule has 2 aromatic rings. The molecular weight excluding hydrogens is 337 g/mol. The summed E-state index contributed by atoms with van der Waals surface area (Å²) in [5, 5.41) is 0.748. The van der Waals surface area contributed by atoms with Crippen LogP contribution in [-0.4, -0.2) is 31.1 Å². The number of rotatable bonds is 3. The Balaban J connectivity index is 1.62. The van der Waals surface area contributed by atoms with Crippen LogP contribution >= 0.6 is 11.6 Å². The fourth-order valence-electron chi connectivity index (χ4n) is 2.91.